The molecule has 0 saturated carbocycles. The molecule has 0 aliphatic carbocycles. The first-order valence-corrected chi connectivity index (χ1v) is 5.47. The highest BCUT2D eigenvalue weighted by Crippen LogP contribution is 2.16. The summed E-state index contributed by atoms with van der Waals surface area (Å²) in [6, 6.07) is 9.12. The number of carbonyl (C=O) groups is 1. The second kappa shape index (κ2) is 4.61. The van der Waals surface area contributed by atoms with Gasteiger partial charge >= 0.3 is 0 Å². The third kappa shape index (κ3) is 2.58. The molecule has 1 aromatic heterocycles. The molecule has 2 nitrogen and oxygen atoms in total. The summed E-state index contributed by atoms with van der Waals surface area (Å²) in [6.45, 7) is 0. The molecule has 82 valence electrons. The number of benzene rings is 1. The van der Waals surface area contributed by atoms with Crippen LogP contribution in [0.4, 0.5) is 4.39 Å². The lowest BCUT2D eigenvalue weighted by molar-refractivity contribution is 0.0965. The molecule has 0 saturated heterocycles. The Morgan fingerprint density at radius 1 is 1.19 bits per heavy atom. The van der Waals surface area contributed by atoms with Crippen LogP contribution in [0.25, 0.3) is 0 Å². The minimum Gasteiger partial charge on any atom is -0.446 e. The number of Topliss-reactive ketones (excluding diaryl/α,β-unsaturated/α-hetero) is 1. The van der Waals surface area contributed by atoms with Gasteiger partial charge < -0.3 is 4.42 Å². The fraction of sp³-hybridized carbons (Fsp3) is 0.0833. The zero-order valence-electron chi connectivity index (χ0n) is 8.24. The average molecular weight is 283 g/mol. The second-order valence-electron chi connectivity index (χ2n) is 3.33. The van der Waals surface area contributed by atoms with Crippen LogP contribution in [0.5, 0.6) is 0 Å². The summed E-state index contributed by atoms with van der Waals surface area (Å²) in [5.41, 5.74) is 0.763. The van der Waals surface area contributed by atoms with Gasteiger partial charge in [0.1, 0.15) is 5.82 Å². The van der Waals surface area contributed by atoms with Crippen molar-refractivity contribution < 1.29 is 13.6 Å². The Bertz CT molecular complexity index is 502. The van der Waals surface area contributed by atoms with Crippen molar-refractivity contribution in [3.63, 3.8) is 0 Å². The largest absolute Gasteiger partial charge is 0.446 e. The number of furan rings is 1. The molecule has 16 heavy (non-hydrogen) atoms. The Balaban J connectivity index is 2.10. The quantitative estimate of drug-likeness (QED) is 0.805. The molecule has 0 N–H and O–H groups in total. The van der Waals surface area contributed by atoms with Crippen LogP contribution < -0.4 is 0 Å². The average Bonchev–Trinajstić information content (AvgIpc) is 2.68. The normalized spacial score (nSPS) is 10.4. The second-order valence-corrected chi connectivity index (χ2v) is 4.11. The van der Waals surface area contributed by atoms with Gasteiger partial charge in [0.25, 0.3) is 0 Å². The molecular weight excluding hydrogens is 275 g/mol. The Morgan fingerprint density at radius 3 is 2.44 bits per heavy atom. The molecule has 0 fully saturated rings. The SMILES string of the molecule is O=C(Cc1ccc(F)cc1)c1ccc(Br)o1. The molecule has 0 spiro atoms. The minimum atomic E-state index is -0.308. The molecule has 4 heteroatoms. The van der Waals surface area contributed by atoms with E-state index in [-0.39, 0.29) is 18.0 Å². The summed E-state index contributed by atoms with van der Waals surface area (Å²) in [5.74, 6) is -0.134. The van der Waals surface area contributed by atoms with Crippen molar-refractivity contribution in [2.75, 3.05) is 0 Å². The van der Waals surface area contributed by atoms with E-state index in [1.54, 1.807) is 24.3 Å². The maximum atomic E-state index is 12.6. The van der Waals surface area contributed by atoms with E-state index in [2.05, 4.69) is 15.9 Å². The molecule has 1 heterocycles. The smallest absolute Gasteiger partial charge is 0.202 e. The van der Waals surface area contributed by atoms with Crippen LogP contribution in [0, 0.1) is 5.82 Å². The lowest BCUT2D eigenvalue weighted by atomic mass is 10.1. The zero-order valence-corrected chi connectivity index (χ0v) is 9.83. The lowest BCUT2D eigenvalue weighted by Crippen LogP contribution is -2.01. The van der Waals surface area contributed by atoms with Gasteiger partial charge in [0.15, 0.2) is 10.4 Å². The van der Waals surface area contributed by atoms with Gasteiger partial charge in [-0.05, 0) is 45.8 Å². The molecular formula is C12H8BrFO2. The molecule has 0 amide bonds. The molecule has 2 aromatic rings. The lowest BCUT2D eigenvalue weighted by Gasteiger charge is -1.98. The Hall–Kier alpha value is -1.42. The van der Waals surface area contributed by atoms with E-state index in [1.165, 1.54) is 12.1 Å². The summed E-state index contributed by atoms with van der Waals surface area (Å²) < 4.78 is 18.3. The number of rotatable bonds is 3. The van der Waals surface area contributed by atoms with E-state index in [1.807, 2.05) is 0 Å². The number of carbonyl (C=O) groups excluding carboxylic acids is 1. The first-order valence-electron chi connectivity index (χ1n) is 4.68. The van der Waals surface area contributed by atoms with Crippen LogP contribution in [0.1, 0.15) is 16.1 Å². The Morgan fingerprint density at radius 2 is 1.88 bits per heavy atom. The van der Waals surface area contributed by atoms with E-state index in [0.29, 0.717) is 10.4 Å². The first-order chi connectivity index (χ1) is 7.65. The van der Waals surface area contributed by atoms with Gasteiger partial charge in [0.2, 0.25) is 5.78 Å². The monoisotopic (exact) mass is 282 g/mol. The number of hydrogen-bond acceptors (Lipinski definition) is 2. The van der Waals surface area contributed by atoms with Crippen LogP contribution in [0.15, 0.2) is 45.5 Å². The molecule has 0 aliphatic heterocycles. The van der Waals surface area contributed by atoms with Crippen molar-refractivity contribution in [2.24, 2.45) is 0 Å². The minimum absolute atomic E-state index is 0.127. The van der Waals surface area contributed by atoms with E-state index >= 15 is 0 Å². The molecule has 0 unspecified atom stereocenters. The Kier molecular flexibility index (Phi) is 3.19. The van der Waals surface area contributed by atoms with Gasteiger partial charge in [0.05, 0.1) is 0 Å². The molecule has 0 aliphatic rings. The third-order valence-electron chi connectivity index (χ3n) is 2.13. The molecule has 0 radical (unpaired) electrons. The number of ketones is 1. The highest BCUT2D eigenvalue weighted by Gasteiger charge is 2.11. The van der Waals surface area contributed by atoms with Crippen LogP contribution in [0.3, 0.4) is 0 Å². The Labute approximate surface area is 100 Å². The summed E-state index contributed by atoms with van der Waals surface area (Å²) >= 11 is 3.13. The van der Waals surface area contributed by atoms with Crippen molar-refractivity contribution in [1.29, 1.82) is 0 Å². The van der Waals surface area contributed by atoms with E-state index in [9.17, 15) is 9.18 Å². The van der Waals surface area contributed by atoms with Crippen molar-refractivity contribution in [3.8, 4) is 0 Å². The summed E-state index contributed by atoms with van der Waals surface area (Å²) in [7, 11) is 0. The van der Waals surface area contributed by atoms with Crippen molar-refractivity contribution in [2.45, 2.75) is 6.42 Å². The van der Waals surface area contributed by atoms with Gasteiger partial charge in [-0.25, -0.2) is 4.39 Å². The highest BCUT2D eigenvalue weighted by molar-refractivity contribution is 9.10. The fourth-order valence-electron chi connectivity index (χ4n) is 1.34. The fourth-order valence-corrected chi connectivity index (χ4v) is 1.65. The summed E-state index contributed by atoms with van der Waals surface area (Å²) in [6.07, 6.45) is 0.209. The zero-order chi connectivity index (χ0) is 11.5. The molecule has 0 atom stereocenters. The standard InChI is InChI=1S/C12H8BrFO2/c13-12-6-5-11(16-12)10(15)7-8-1-3-9(14)4-2-8/h1-6H,7H2. The van der Waals surface area contributed by atoms with Crippen molar-refractivity contribution >= 4 is 21.7 Å². The van der Waals surface area contributed by atoms with Crippen LogP contribution in [-0.4, -0.2) is 5.78 Å². The van der Waals surface area contributed by atoms with Crippen LogP contribution >= 0.6 is 15.9 Å². The highest BCUT2D eigenvalue weighted by atomic mass is 79.9. The number of hydrogen-bond donors (Lipinski definition) is 0. The van der Waals surface area contributed by atoms with Crippen LogP contribution in [-0.2, 0) is 6.42 Å². The van der Waals surface area contributed by atoms with Gasteiger partial charge in [-0.15, -0.1) is 0 Å². The van der Waals surface area contributed by atoms with Gasteiger partial charge in [-0.2, -0.15) is 0 Å². The third-order valence-corrected chi connectivity index (χ3v) is 2.55. The van der Waals surface area contributed by atoms with Gasteiger partial charge in [-0.3, -0.25) is 4.79 Å². The predicted molar refractivity (Wildman–Crippen MR) is 60.8 cm³/mol. The summed E-state index contributed by atoms with van der Waals surface area (Å²) in [4.78, 5) is 11.7. The maximum Gasteiger partial charge on any atom is 0.202 e. The van der Waals surface area contributed by atoms with Crippen LogP contribution in [0.2, 0.25) is 0 Å². The number of halogens is 2. The van der Waals surface area contributed by atoms with Gasteiger partial charge in [-0.1, -0.05) is 12.1 Å². The van der Waals surface area contributed by atoms with Gasteiger partial charge in [0, 0.05) is 6.42 Å². The summed E-state index contributed by atoms with van der Waals surface area (Å²) in [5, 5.41) is 0. The van der Waals surface area contributed by atoms with Crippen molar-refractivity contribution in [3.05, 3.63) is 58.2 Å². The predicted octanol–water partition coefficient (Wildman–Crippen LogP) is 3.61. The maximum absolute atomic E-state index is 12.6. The van der Waals surface area contributed by atoms with E-state index in [0.717, 1.165) is 5.56 Å². The molecule has 0 bridgehead atoms. The molecule has 2 rings (SSSR count). The van der Waals surface area contributed by atoms with Crippen molar-refractivity contribution in [1.82, 2.24) is 0 Å². The van der Waals surface area contributed by atoms with E-state index < -0.39 is 0 Å². The van der Waals surface area contributed by atoms with E-state index in [4.69, 9.17) is 4.42 Å². The molecule has 1 aromatic carbocycles. The first kappa shape index (κ1) is 11.1. The topological polar surface area (TPSA) is 30.2 Å².